The SMILES string of the molecule is CCNC(=NCc1cccc(S(=O)(=O)NCCOC)c1)NCc1nc(C)c(C)s1. The molecule has 0 spiro atoms. The van der Waals surface area contributed by atoms with Crippen molar-refractivity contribution in [2.75, 3.05) is 26.8 Å². The number of methoxy groups -OCH3 is 1. The van der Waals surface area contributed by atoms with Gasteiger partial charge in [-0.2, -0.15) is 0 Å². The van der Waals surface area contributed by atoms with Crippen molar-refractivity contribution in [1.29, 1.82) is 0 Å². The van der Waals surface area contributed by atoms with E-state index >= 15 is 0 Å². The van der Waals surface area contributed by atoms with Gasteiger partial charge in [0.1, 0.15) is 5.01 Å². The fourth-order valence-corrected chi connectivity index (χ4v) is 4.42. The predicted molar refractivity (Wildman–Crippen MR) is 117 cm³/mol. The van der Waals surface area contributed by atoms with E-state index in [1.54, 1.807) is 29.5 Å². The molecule has 1 heterocycles. The first kappa shape index (κ1) is 23.3. The number of thiazole rings is 1. The molecular formula is C19H29N5O3S2. The lowest BCUT2D eigenvalue weighted by Crippen LogP contribution is -2.36. The minimum absolute atomic E-state index is 0.216. The largest absolute Gasteiger partial charge is 0.383 e. The number of nitrogens with zero attached hydrogens (tertiary/aromatic N) is 2. The zero-order chi connectivity index (χ0) is 21.3. The summed E-state index contributed by atoms with van der Waals surface area (Å²) >= 11 is 1.66. The number of nitrogens with one attached hydrogen (secondary N) is 3. The van der Waals surface area contributed by atoms with Gasteiger partial charge < -0.3 is 15.4 Å². The van der Waals surface area contributed by atoms with Crippen molar-refractivity contribution in [2.24, 2.45) is 4.99 Å². The maximum atomic E-state index is 12.4. The molecule has 0 radical (unpaired) electrons. The second-order valence-corrected chi connectivity index (χ2v) is 9.39. The van der Waals surface area contributed by atoms with Crippen LogP contribution in [0.2, 0.25) is 0 Å². The molecule has 160 valence electrons. The van der Waals surface area contributed by atoms with Gasteiger partial charge in [0.05, 0.1) is 30.3 Å². The Hall–Kier alpha value is -2.01. The summed E-state index contributed by atoms with van der Waals surface area (Å²) in [5, 5.41) is 7.47. The van der Waals surface area contributed by atoms with Crippen LogP contribution in [0.1, 0.15) is 28.1 Å². The van der Waals surface area contributed by atoms with Gasteiger partial charge in [-0.25, -0.2) is 23.1 Å². The van der Waals surface area contributed by atoms with E-state index < -0.39 is 10.0 Å². The lowest BCUT2D eigenvalue weighted by atomic mass is 10.2. The summed E-state index contributed by atoms with van der Waals surface area (Å²) in [7, 11) is -2.04. The molecule has 0 aliphatic carbocycles. The molecule has 0 atom stereocenters. The third kappa shape index (κ3) is 7.39. The van der Waals surface area contributed by atoms with E-state index in [9.17, 15) is 8.42 Å². The highest BCUT2D eigenvalue weighted by atomic mass is 32.2. The minimum Gasteiger partial charge on any atom is -0.383 e. The lowest BCUT2D eigenvalue weighted by molar-refractivity contribution is 0.204. The van der Waals surface area contributed by atoms with Gasteiger partial charge in [0.2, 0.25) is 10.0 Å². The molecule has 0 aliphatic rings. The summed E-state index contributed by atoms with van der Waals surface area (Å²) in [5.74, 6) is 0.657. The monoisotopic (exact) mass is 439 g/mol. The zero-order valence-electron chi connectivity index (χ0n) is 17.3. The van der Waals surface area contributed by atoms with E-state index in [1.807, 2.05) is 19.9 Å². The standard InChI is InChI=1S/C19H29N5O3S2/c1-5-20-19(22-13-18-24-14(2)15(3)28-18)21-12-16-7-6-8-17(11-16)29(25,26)23-9-10-27-4/h6-8,11,23H,5,9-10,12-13H2,1-4H3,(H2,20,21,22). The van der Waals surface area contributed by atoms with E-state index in [2.05, 4.69) is 32.3 Å². The van der Waals surface area contributed by atoms with Gasteiger partial charge in [-0.1, -0.05) is 12.1 Å². The molecule has 0 fully saturated rings. The predicted octanol–water partition coefficient (Wildman–Crippen LogP) is 1.94. The number of rotatable bonds is 10. The molecule has 0 amide bonds. The highest BCUT2D eigenvalue weighted by Crippen LogP contribution is 2.16. The summed E-state index contributed by atoms with van der Waals surface area (Å²) in [6.45, 7) is 8.26. The molecule has 8 nitrogen and oxygen atoms in total. The van der Waals surface area contributed by atoms with Crippen LogP contribution in [-0.2, 0) is 27.8 Å². The van der Waals surface area contributed by atoms with E-state index in [-0.39, 0.29) is 11.4 Å². The Balaban J connectivity index is 2.04. The van der Waals surface area contributed by atoms with E-state index in [4.69, 9.17) is 4.74 Å². The molecule has 2 rings (SSSR count). The second kappa shape index (κ2) is 11.2. The number of hydrogen-bond donors (Lipinski definition) is 3. The average Bonchev–Trinajstić information content (AvgIpc) is 3.02. The number of guanidine groups is 1. The maximum Gasteiger partial charge on any atom is 0.240 e. The molecule has 0 bridgehead atoms. The van der Waals surface area contributed by atoms with E-state index in [0.29, 0.717) is 25.7 Å². The average molecular weight is 440 g/mol. The molecular weight excluding hydrogens is 410 g/mol. The lowest BCUT2D eigenvalue weighted by Gasteiger charge is -2.11. The van der Waals surface area contributed by atoms with Gasteiger partial charge in [-0.3, -0.25) is 0 Å². The highest BCUT2D eigenvalue weighted by molar-refractivity contribution is 7.89. The molecule has 2 aromatic rings. The number of aliphatic imine (C=N–C) groups is 1. The minimum atomic E-state index is -3.57. The third-order valence-electron chi connectivity index (χ3n) is 4.05. The summed E-state index contributed by atoms with van der Waals surface area (Å²) in [4.78, 5) is 10.5. The van der Waals surface area contributed by atoms with E-state index in [1.165, 1.54) is 12.0 Å². The van der Waals surface area contributed by atoms with Crippen LogP contribution in [0.5, 0.6) is 0 Å². The van der Waals surface area contributed by atoms with Crippen LogP contribution >= 0.6 is 11.3 Å². The Bertz CT molecular complexity index is 906. The first-order chi connectivity index (χ1) is 13.9. The third-order valence-corrected chi connectivity index (χ3v) is 6.58. The molecule has 3 N–H and O–H groups in total. The van der Waals surface area contributed by atoms with Crippen molar-refractivity contribution < 1.29 is 13.2 Å². The van der Waals surface area contributed by atoms with Crippen LogP contribution < -0.4 is 15.4 Å². The first-order valence-corrected chi connectivity index (χ1v) is 11.7. The quantitative estimate of drug-likeness (QED) is 0.297. The number of sulfonamides is 1. The van der Waals surface area contributed by atoms with Crippen molar-refractivity contribution in [1.82, 2.24) is 20.3 Å². The number of hydrogen-bond acceptors (Lipinski definition) is 6. The van der Waals surface area contributed by atoms with Crippen molar-refractivity contribution >= 4 is 27.3 Å². The number of aryl methyl sites for hydroxylation is 2. The van der Waals surface area contributed by atoms with Gasteiger partial charge in [0.25, 0.3) is 0 Å². The Labute approximate surface area is 176 Å². The van der Waals surface area contributed by atoms with Crippen LogP contribution in [-0.4, -0.2) is 46.2 Å². The summed E-state index contributed by atoms with van der Waals surface area (Å²) < 4.78 is 32.1. The Morgan fingerprint density at radius 3 is 2.72 bits per heavy atom. The zero-order valence-corrected chi connectivity index (χ0v) is 18.9. The van der Waals surface area contributed by atoms with Crippen LogP contribution in [0, 0.1) is 13.8 Å². The van der Waals surface area contributed by atoms with Crippen LogP contribution in [0.4, 0.5) is 0 Å². The van der Waals surface area contributed by atoms with Gasteiger partial charge in [-0.15, -0.1) is 11.3 Å². The molecule has 0 saturated carbocycles. The summed E-state index contributed by atoms with van der Waals surface area (Å²) in [6.07, 6.45) is 0. The Morgan fingerprint density at radius 1 is 1.28 bits per heavy atom. The van der Waals surface area contributed by atoms with Gasteiger partial charge in [0.15, 0.2) is 5.96 Å². The van der Waals surface area contributed by atoms with E-state index in [0.717, 1.165) is 22.8 Å². The van der Waals surface area contributed by atoms with Gasteiger partial charge in [0, 0.05) is 25.1 Å². The Kier molecular flexibility index (Phi) is 9.02. The molecule has 1 aromatic heterocycles. The fourth-order valence-electron chi connectivity index (χ4n) is 2.46. The first-order valence-electron chi connectivity index (χ1n) is 9.38. The molecule has 0 unspecified atom stereocenters. The molecule has 10 heteroatoms. The summed E-state index contributed by atoms with van der Waals surface area (Å²) in [6, 6.07) is 6.78. The van der Waals surface area contributed by atoms with Crippen molar-refractivity contribution in [3.8, 4) is 0 Å². The van der Waals surface area contributed by atoms with Crippen LogP contribution in [0.3, 0.4) is 0 Å². The fraction of sp³-hybridized carbons (Fsp3) is 0.474. The number of aromatic nitrogens is 1. The smallest absolute Gasteiger partial charge is 0.240 e. The maximum absolute atomic E-state index is 12.4. The van der Waals surface area contributed by atoms with Crippen molar-refractivity contribution in [3.05, 3.63) is 45.4 Å². The van der Waals surface area contributed by atoms with Crippen LogP contribution in [0.15, 0.2) is 34.2 Å². The van der Waals surface area contributed by atoms with Gasteiger partial charge in [-0.05, 0) is 38.5 Å². The highest BCUT2D eigenvalue weighted by Gasteiger charge is 2.13. The Morgan fingerprint density at radius 2 is 2.07 bits per heavy atom. The molecule has 0 aliphatic heterocycles. The second-order valence-electron chi connectivity index (χ2n) is 6.34. The van der Waals surface area contributed by atoms with Crippen molar-refractivity contribution in [3.63, 3.8) is 0 Å². The van der Waals surface area contributed by atoms with Gasteiger partial charge >= 0.3 is 0 Å². The number of ether oxygens (including phenoxy) is 1. The van der Waals surface area contributed by atoms with Crippen LogP contribution in [0.25, 0.3) is 0 Å². The number of benzene rings is 1. The molecule has 0 saturated heterocycles. The topological polar surface area (TPSA) is 105 Å². The van der Waals surface area contributed by atoms with Crippen molar-refractivity contribution in [2.45, 2.75) is 38.8 Å². The normalized spacial score (nSPS) is 12.2. The summed E-state index contributed by atoms with van der Waals surface area (Å²) in [5.41, 5.74) is 1.85. The molecule has 1 aromatic carbocycles. The molecule has 29 heavy (non-hydrogen) atoms.